The fourth-order valence-electron chi connectivity index (χ4n) is 3.92. The van der Waals surface area contributed by atoms with Crippen molar-refractivity contribution in [2.75, 3.05) is 13.2 Å². The van der Waals surface area contributed by atoms with Crippen molar-refractivity contribution in [2.45, 2.75) is 117 Å². The van der Waals surface area contributed by atoms with Crippen LogP contribution in [0, 0.1) is 0 Å². The first-order chi connectivity index (χ1) is 22.7. The summed E-state index contributed by atoms with van der Waals surface area (Å²) < 4.78 is 10.3. The summed E-state index contributed by atoms with van der Waals surface area (Å²) in [6.45, 7) is 4.52. The molecule has 0 N–H and O–H groups in total. The number of esters is 2. The fraction of sp³-hybridized carbons (Fsp3) is 0.476. The van der Waals surface area contributed by atoms with E-state index in [1.165, 1.54) is 0 Å². The third-order valence-electron chi connectivity index (χ3n) is 6.43. The topological polar surface area (TPSA) is 52.6 Å². The number of unbranched alkanes of at least 4 members (excludes halogenated alkanes) is 2. The molecule has 4 nitrogen and oxygen atoms in total. The van der Waals surface area contributed by atoms with Gasteiger partial charge in [-0.3, -0.25) is 9.59 Å². The number of rotatable bonds is 29. The van der Waals surface area contributed by atoms with Gasteiger partial charge in [-0.05, 0) is 89.9 Å². The molecule has 0 rings (SSSR count). The molecule has 0 aliphatic carbocycles. The second-order valence-electron chi connectivity index (χ2n) is 10.6. The van der Waals surface area contributed by atoms with Crippen LogP contribution in [-0.2, 0) is 19.1 Å². The van der Waals surface area contributed by atoms with Crippen LogP contribution in [0.2, 0.25) is 0 Å². The van der Waals surface area contributed by atoms with Crippen LogP contribution < -0.4 is 0 Å². The molecule has 0 spiro atoms. The van der Waals surface area contributed by atoms with Gasteiger partial charge in [-0.25, -0.2) is 0 Å². The third-order valence-corrected chi connectivity index (χ3v) is 6.43. The molecule has 0 saturated carbocycles. The number of hydrogen-bond donors (Lipinski definition) is 0. The average Bonchev–Trinajstić information content (AvgIpc) is 3.06. The molecule has 0 aromatic carbocycles. The van der Waals surface area contributed by atoms with Crippen LogP contribution in [0.4, 0.5) is 0 Å². The number of allylic oxidation sites excluding steroid dienone is 20. The molecule has 0 aromatic rings. The van der Waals surface area contributed by atoms with Gasteiger partial charge in [0, 0.05) is 12.8 Å². The molecule has 0 aromatic heterocycles. The first-order valence-corrected chi connectivity index (χ1v) is 17.5. The lowest BCUT2D eigenvalue weighted by Gasteiger charge is -2.06. The Balaban J connectivity index is 3.60. The van der Waals surface area contributed by atoms with E-state index in [4.69, 9.17) is 9.47 Å². The Morgan fingerprint density at radius 2 is 0.609 bits per heavy atom. The van der Waals surface area contributed by atoms with Crippen molar-refractivity contribution < 1.29 is 19.1 Å². The first-order valence-electron chi connectivity index (χ1n) is 17.5. The molecule has 0 atom stereocenters. The van der Waals surface area contributed by atoms with Crippen LogP contribution in [0.5, 0.6) is 0 Å². The zero-order chi connectivity index (χ0) is 33.4. The van der Waals surface area contributed by atoms with E-state index in [0.29, 0.717) is 12.8 Å². The van der Waals surface area contributed by atoms with Gasteiger partial charge in [0.2, 0.25) is 0 Å². The van der Waals surface area contributed by atoms with E-state index in [1.807, 2.05) is 0 Å². The van der Waals surface area contributed by atoms with Crippen molar-refractivity contribution in [1.82, 2.24) is 0 Å². The summed E-state index contributed by atoms with van der Waals surface area (Å²) >= 11 is 0. The van der Waals surface area contributed by atoms with E-state index in [9.17, 15) is 9.59 Å². The van der Waals surface area contributed by atoms with Crippen molar-refractivity contribution in [3.05, 3.63) is 122 Å². The molecule has 0 radical (unpaired) electrons. The Bertz CT molecular complexity index is 932. The average molecular weight is 631 g/mol. The maximum Gasteiger partial charge on any atom is 0.305 e. The van der Waals surface area contributed by atoms with Crippen molar-refractivity contribution in [3.63, 3.8) is 0 Å². The monoisotopic (exact) mass is 630 g/mol. The Morgan fingerprint density at radius 3 is 0.870 bits per heavy atom. The highest BCUT2D eigenvalue weighted by atomic mass is 16.6. The van der Waals surface area contributed by atoms with Crippen molar-refractivity contribution >= 4 is 11.9 Å². The summed E-state index contributed by atoms with van der Waals surface area (Å²) in [7, 11) is 0. The Kier molecular flexibility index (Phi) is 34.5. The molecule has 0 aliphatic heterocycles. The maximum atomic E-state index is 11.9. The minimum Gasteiger partial charge on any atom is -0.462 e. The quantitative estimate of drug-likeness (QED) is 0.0469. The van der Waals surface area contributed by atoms with Gasteiger partial charge in [0.15, 0.2) is 0 Å². The summed E-state index contributed by atoms with van der Waals surface area (Å²) in [5.74, 6) is -0.497. The van der Waals surface area contributed by atoms with E-state index in [0.717, 1.165) is 89.9 Å². The summed E-state index contributed by atoms with van der Waals surface area (Å²) in [5.41, 5.74) is 0. The van der Waals surface area contributed by atoms with E-state index >= 15 is 0 Å². The van der Waals surface area contributed by atoms with Gasteiger partial charge in [0.1, 0.15) is 13.2 Å². The summed E-state index contributed by atoms with van der Waals surface area (Å²) in [5, 5.41) is 0. The lowest BCUT2D eigenvalue weighted by molar-refractivity contribution is -0.152. The van der Waals surface area contributed by atoms with Gasteiger partial charge >= 0.3 is 11.9 Å². The van der Waals surface area contributed by atoms with E-state index in [1.54, 1.807) is 0 Å². The highest BCUT2D eigenvalue weighted by Crippen LogP contribution is 2.03. The molecular weight excluding hydrogens is 568 g/mol. The summed E-state index contributed by atoms with van der Waals surface area (Å²) in [6, 6.07) is 0. The second kappa shape index (κ2) is 37.5. The van der Waals surface area contributed by atoms with Gasteiger partial charge < -0.3 is 9.47 Å². The molecule has 4 heteroatoms. The van der Waals surface area contributed by atoms with Gasteiger partial charge in [0.25, 0.3) is 0 Å². The molecule has 0 unspecified atom stereocenters. The highest BCUT2D eigenvalue weighted by molar-refractivity contribution is 5.70. The number of carbonyl (C=O) groups excluding carboxylic acids is 2. The maximum absolute atomic E-state index is 11.9. The van der Waals surface area contributed by atoms with Crippen molar-refractivity contribution in [2.24, 2.45) is 0 Å². The van der Waals surface area contributed by atoms with E-state index < -0.39 is 0 Å². The van der Waals surface area contributed by atoms with Crippen LogP contribution in [0.15, 0.2) is 122 Å². The fourth-order valence-corrected chi connectivity index (χ4v) is 3.92. The predicted molar refractivity (Wildman–Crippen MR) is 199 cm³/mol. The summed E-state index contributed by atoms with van der Waals surface area (Å²) in [4.78, 5) is 23.7. The smallest absolute Gasteiger partial charge is 0.305 e. The van der Waals surface area contributed by atoms with Crippen LogP contribution in [0.3, 0.4) is 0 Å². The molecular formula is C42H62O4. The standard InChI is InChI=1S/C42H62O4/c1-3-5-7-9-11-13-15-17-19-21-23-25-27-29-31-33-35-37-41(43)45-39-40-46-42(44)38-36-34-32-30-28-26-24-22-20-18-16-14-12-10-8-6-4-2/h5-8,11-14,17-20,23-26,29-32H,3-4,9-10,15-16,21-22,27-28,33-40H2,1-2H3/b7-5-,8-6-,13-11-,14-12-,19-17-,20-18-,25-23-,26-24-,31-29-,32-30-. The van der Waals surface area contributed by atoms with Gasteiger partial charge in [-0.2, -0.15) is 0 Å². The molecule has 0 amide bonds. The van der Waals surface area contributed by atoms with Gasteiger partial charge in [-0.15, -0.1) is 0 Å². The molecule has 0 saturated heterocycles. The summed E-state index contributed by atoms with van der Waals surface area (Å²) in [6.07, 6.45) is 57.3. The van der Waals surface area contributed by atoms with Crippen molar-refractivity contribution in [1.29, 1.82) is 0 Å². The Morgan fingerprint density at radius 1 is 0.370 bits per heavy atom. The lowest BCUT2D eigenvalue weighted by atomic mass is 10.2. The van der Waals surface area contributed by atoms with Crippen LogP contribution in [0.1, 0.15) is 117 Å². The normalized spacial score (nSPS) is 13.0. The zero-order valence-corrected chi connectivity index (χ0v) is 28.9. The van der Waals surface area contributed by atoms with Crippen LogP contribution in [-0.4, -0.2) is 25.2 Å². The second-order valence-corrected chi connectivity index (χ2v) is 10.6. The van der Waals surface area contributed by atoms with E-state index in [2.05, 4.69) is 135 Å². The van der Waals surface area contributed by atoms with Gasteiger partial charge in [-0.1, -0.05) is 135 Å². The largest absolute Gasteiger partial charge is 0.462 e. The Hall–Kier alpha value is -3.66. The minimum absolute atomic E-state index is 0.112. The number of hydrogen-bond acceptors (Lipinski definition) is 4. The molecule has 0 aliphatic rings. The molecule has 254 valence electrons. The molecule has 0 fully saturated rings. The third kappa shape index (κ3) is 36.5. The van der Waals surface area contributed by atoms with Gasteiger partial charge in [0.05, 0.1) is 0 Å². The predicted octanol–water partition coefficient (Wildman–Crippen LogP) is 11.9. The number of ether oxygens (including phenoxy) is 2. The van der Waals surface area contributed by atoms with Crippen LogP contribution >= 0.6 is 0 Å². The number of carbonyl (C=O) groups is 2. The SMILES string of the molecule is CC/C=C\C/C=C\C/C=C\C/C=C\C/C=C\CCCC(=O)OCCOC(=O)CCC/C=C\C/C=C\C/C=C\C/C=C\C/C=C\CC. The van der Waals surface area contributed by atoms with Crippen LogP contribution in [0.25, 0.3) is 0 Å². The molecule has 46 heavy (non-hydrogen) atoms. The zero-order valence-electron chi connectivity index (χ0n) is 28.9. The Labute approximate surface area is 281 Å². The molecule has 0 heterocycles. The lowest BCUT2D eigenvalue weighted by Crippen LogP contribution is -2.13. The minimum atomic E-state index is -0.248. The molecule has 0 bridgehead atoms. The van der Waals surface area contributed by atoms with E-state index in [-0.39, 0.29) is 25.2 Å². The highest BCUT2D eigenvalue weighted by Gasteiger charge is 2.04. The first kappa shape index (κ1) is 42.3. The van der Waals surface area contributed by atoms with Crippen molar-refractivity contribution in [3.8, 4) is 0 Å².